The summed E-state index contributed by atoms with van der Waals surface area (Å²) in [4.78, 5) is 12.3. The first kappa shape index (κ1) is 17.3. The van der Waals surface area contributed by atoms with Crippen LogP contribution in [0.5, 0.6) is 5.75 Å². The van der Waals surface area contributed by atoms with Gasteiger partial charge in [-0.1, -0.05) is 17.2 Å². The molecule has 0 aliphatic carbocycles. The molecule has 0 spiro atoms. The highest BCUT2D eigenvalue weighted by atomic mass is 16.5. The van der Waals surface area contributed by atoms with E-state index >= 15 is 0 Å². The molecule has 1 N–H and O–H groups in total. The van der Waals surface area contributed by atoms with Gasteiger partial charge in [-0.3, -0.25) is 10.1 Å². The summed E-state index contributed by atoms with van der Waals surface area (Å²) in [6.07, 6.45) is 0. The molecule has 2 aromatic heterocycles. The highest BCUT2D eigenvalue weighted by Crippen LogP contribution is 2.33. The summed E-state index contributed by atoms with van der Waals surface area (Å²) in [6.45, 7) is 2.41. The Morgan fingerprint density at radius 1 is 1.18 bits per heavy atom. The molecule has 0 unspecified atom stereocenters. The zero-order valence-electron chi connectivity index (χ0n) is 14.8. The van der Waals surface area contributed by atoms with Crippen LogP contribution in [0.1, 0.15) is 22.8 Å². The third-order valence-corrected chi connectivity index (χ3v) is 3.94. The third-order valence-electron chi connectivity index (χ3n) is 3.94. The number of nitrogens with zero attached hydrogens (tertiary/aromatic N) is 3. The van der Waals surface area contributed by atoms with Gasteiger partial charge in [0.2, 0.25) is 0 Å². The monoisotopic (exact) mass is 374 g/mol. The molecular weight excluding hydrogens is 360 g/mol. The molecule has 0 fully saturated rings. The van der Waals surface area contributed by atoms with Crippen LogP contribution in [-0.4, -0.2) is 22.7 Å². The zero-order valence-corrected chi connectivity index (χ0v) is 14.8. The molecule has 1 amide bonds. The lowest BCUT2D eigenvalue weighted by molar-refractivity contribution is 0.102. The van der Waals surface area contributed by atoms with E-state index < -0.39 is 5.91 Å². The van der Waals surface area contributed by atoms with E-state index in [1.165, 1.54) is 0 Å². The van der Waals surface area contributed by atoms with Gasteiger partial charge in [0.05, 0.1) is 18.2 Å². The van der Waals surface area contributed by atoms with Crippen molar-refractivity contribution in [2.45, 2.75) is 6.92 Å². The van der Waals surface area contributed by atoms with Gasteiger partial charge in [0.15, 0.2) is 17.1 Å². The molecular formula is C20H14N4O4. The predicted octanol–water partition coefficient (Wildman–Crippen LogP) is 4.01. The first-order valence-corrected chi connectivity index (χ1v) is 8.48. The Labute approximate surface area is 159 Å². The average molecular weight is 374 g/mol. The summed E-state index contributed by atoms with van der Waals surface area (Å²) in [6, 6.07) is 15.5. The van der Waals surface area contributed by atoms with E-state index in [9.17, 15) is 4.79 Å². The zero-order chi connectivity index (χ0) is 19.5. The topological polar surface area (TPSA) is 114 Å². The number of furan rings is 1. The van der Waals surface area contributed by atoms with Crippen molar-refractivity contribution in [3.8, 4) is 23.5 Å². The number of nitriles is 1. The lowest BCUT2D eigenvalue weighted by Gasteiger charge is -2.01. The summed E-state index contributed by atoms with van der Waals surface area (Å²) in [7, 11) is 0. The number of fused-ring (bicyclic) bond motifs is 1. The molecule has 0 saturated heterocycles. The van der Waals surface area contributed by atoms with E-state index in [1.54, 1.807) is 30.3 Å². The number of carbonyl (C=O) groups is 1. The molecule has 0 bridgehead atoms. The molecule has 0 radical (unpaired) electrons. The fourth-order valence-corrected chi connectivity index (χ4v) is 2.65. The van der Waals surface area contributed by atoms with Gasteiger partial charge < -0.3 is 13.6 Å². The maximum absolute atomic E-state index is 12.3. The number of rotatable bonds is 5. The highest BCUT2D eigenvalue weighted by Gasteiger charge is 2.17. The van der Waals surface area contributed by atoms with E-state index in [-0.39, 0.29) is 11.9 Å². The van der Waals surface area contributed by atoms with Gasteiger partial charge >= 0.3 is 6.01 Å². The van der Waals surface area contributed by atoms with Crippen LogP contribution in [0.2, 0.25) is 0 Å². The molecule has 0 aliphatic rings. The Morgan fingerprint density at radius 3 is 2.75 bits per heavy atom. The molecule has 4 aromatic rings. The Kier molecular flexibility index (Phi) is 4.48. The molecule has 2 heterocycles. The second kappa shape index (κ2) is 7.25. The Hall–Kier alpha value is -4.12. The first-order valence-electron chi connectivity index (χ1n) is 8.48. The van der Waals surface area contributed by atoms with Gasteiger partial charge in [0, 0.05) is 10.9 Å². The molecule has 0 saturated carbocycles. The van der Waals surface area contributed by atoms with Gasteiger partial charge in [0.25, 0.3) is 11.8 Å². The van der Waals surface area contributed by atoms with Gasteiger partial charge in [-0.2, -0.15) is 5.26 Å². The van der Waals surface area contributed by atoms with E-state index in [0.717, 1.165) is 5.39 Å². The second-order valence-corrected chi connectivity index (χ2v) is 5.77. The Bertz CT molecular complexity index is 1190. The molecule has 138 valence electrons. The largest absolute Gasteiger partial charge is 0.490 e. The van der Waals surface area contributed by atoms with Crippen LogP contribution >= 0.6 is 0 Å². The fraction of sp³-hybridized carbons (Fsp3) is 0.100. The fourth-order valence-electron chi connectivity index (χ4n) is 2.65. The van der Waals surface area contributed by atoms with Gasteiger partial charge in [-0.05, 0) is 43.3 Å². The van der Waals surface area contributed by atoms with Crippen molar-refractivity contribution in [3.63, 3.8) is 0 Å². The standard InChI is InChI=1S/C20H14N4O4/c1-2-26-15-5-3-4-14-10-16(27-17(14)15)19-23-24-20(28-19)22-18(25)13-8-6-12(11-21)7-9-13/h3-10H,2H2,1H3,(H,22,24,25). The molecule has 0 atom stereocenters. The number of hydrogen-bond donors (Lipinski definition) is 1. The molecule has 8 heteroatoms. The maximum Gasteiger partial charge on any atom is 0.322 e. The second-order valence-electron chi connectivity index (χ2n) is 5.77. The molecule has 0 aliphatic heterocycles. The minimum Gasteiger partial charge on any atom is -0.490 e. The number of ether oxygens (including phenoxy) is 1. The minimum atomic E-state index is -0.428. The van der Waals surface area contributed by atoms with Crippen molar-refractivity contribution in [1.82, 2.24) is 10.2 Å². The number of aromatic nitrogens is 2. The number of hydrogen-bond acceptors (Lipinski definition) is 7. The summed E-state index contributed by atoms with van der Waals surface area (Å²) >= 11 is 0. The number of amides is 1. The average Bonchev–Trinajstić information content (AvgIpc) is 3.35. The van der Waals surface area contributed by atoms with Crippen LogP contribution < -0.4 is 10.1 Å². The van der Waals surface area contributed by atoms with Crippen LogP contribution in [-0.2, 0) is 0 Å². The number of anilines is 1. The molecule has 2 aromatic carbocycles. The number of benzene rings is 2. The lowest BCUT2D eigenvalue weighted by Crippen LogP contribution is -2.11. The summed E-state index contributed by atoms with van der Waals surface area (Å²) < 4.78 is 16.9. The van der Waals surface area contributed by atoms with E-state index in [2.05, 4.69) is 15.5 Å². The van der Waals surface area contributed by atoms with Crippen LogP contribution in [0.3, 0.4) is 0 Å². The SMILES string of the molecule is CCOc1cccc2cc(-c3nnc(NC(=O)c4ccc(C#N)cc4)o3)oc12. The highest BCUT2D eigenvalue weighted by molar-refractivity contribution is 6.03. The van der Waals surface area contributed by atoms with Crippen molar-refractivity contribution < 1.29 is 18.4 Å². The number of carbonyl (C=O) groups excluding carboxylic acids is 1. The van der Waals surface area contributed by atoms with Gasteiger partial charge in [-0.15, -0.1) is 5.10 Å². The van der Waals surface area contributed by atoms with E-state index in [1.807, 2.05) is 31.2 Å². The van der Waals surface area contributed by atoms with Crippen LogP contribution in [0.15, 0.2) is 57.4 Å². The summed E-state index contributed by atoms with van der Waals surface area (Å²) in [5.41, 5.74) is 1.41. The Morgan fingerprint density at radius 2 is 2.00 bits per heavy atom. The Balaban J connectivity index is 1.55. The van der Waals surface area contributed by atoms with E-state index in [4.69, 9.17) is 18.8 Å². The van der Waals surface area contributed by atoms with E-state index in [0.29, 0.717) is 34.8 Å². The summed E-state index contributed by atoms with van der Waals surface area (Å²) in [5.74, 6) is 0.699. The minimum absolute atomic E-state index is 0.0603. The van der Waals surface area contributed by atoms with Crippen molar-refractivity contribution >= 4 is 22.9 Å². The number of nitrogens with one attached hydrogen (secondary N) is 1. The van der Waals surface area contributed by atoms with Gasteiger partial charge in [0.1, 0.15) is 0 Å². The third kappa shape index (κ3) is 3.29. The van der Waals surface area contributed by atoms with Crippen LogP contribution in [0.4, 0.5) is 6.01 Å². The molecule has 4 rings (SSSR count). The molecule has 8 nitrogen and oxygen atoms in total. The number of para-hydroxylation sites is 1. The van der Waals surface area contributed by atoms with Crippen LogP contribution in [0, 0.1) is 11.3 Å². The van der Waals surface area contributed by atoms with Crippen molar-refractivity contribution in [2.24, 2.45) is 0 Å². The molecule has 28 heavy (non-hydrogen) atoms. The lowest BCUT2D eigenvalue weighted by atomic mass is 10.1. The quantitative estimate of drug-likeness (QED) is 0.561. The van der Waals surface area contributed by atoms with Crippen molar-refractivity contribution in [1.29, 1.82) is 5.26 Å². The summed E-state index contributed by atoms with van der Waals surface area (Å²) in [5, 5.41) is 19.9. The smallest absolute Gasteiger partial charge is 0.322 e. The van der Waals surface area contributed by atoms with Crippen molar-refractivity contribution in [3.05, 3.63) is 59.7 Å². The van der Waals surface area contributed by atoms with Crippen LogP contribution in [0.25, 0.3) is 22.6 Å². The predicted molar refractivity (Wildman–Crippen MR) is 99.8 cm³/mol. The maximum atomic E-state index is 12.3. The van der Waals surface area contributed by atoms with Gasteiger partial charge in [-0.25, -0.2) is 0 Å². The normalized spacial score (nSPS) is 10.6. The first-order chi connectivity index (χ1) is 13.7. The van der Waals surface area contributed by atoms with Crippen molar-refractivity contribution in [2.75, 3.05) is 11.9 Å².